The third-order valence-electron chi connectivity index (χ3n) is 2.36. The van der Waals surface area contributed by atoms with Crippen LogP contribution in [0, 0.1) is 0 Å². The van der Waals surface area contributed by atoms with Crippen molar-refractivity contribution in [3.63, 3.8) is 0 Å². The van der Waals surface area contributed by atoms with Crippen LogP contribution in [0.1, 0.15) is 31.1 Å². The number of ketones is 1. The van der Waals surface area contributed by atoms with Crippen molar-refractivity contribution in [2.24, 2.45) is 0 Å². The molecule has 0 saturated carbocycles. The molecule has 0 aliphatic heterocycles. The van der Waals surface area contributed by atoms with E-state index in [0.29, 0.717) is 17.9 Å². The standard InChI is InChI=1S/C11H14O3.C5H8O2/c1-11(2,13)10(12)8-4-6-9(14-3)7-5-8;1-3-5(6)7-4-2/h4-7,13H,1-3H3;3H,1,4H2,2H3. The van der Waals surface area contributed by atoms with Crippen molar-refractivity contribution >= 4 is 11.8 Å². The van der Waals surface area contributed by atoms with E-state index in [2.05, 4.69) is 11.3 Å². The van der Waals surface area contributed by atoms with Crippen molar-refractivity contribution in [3.05, 3.63) is 42.5 Å². The van der Waals surface area contributed by atoms with Crippen LogP contribution in [0.5, 0.6) is 5.75 Å². The third kappa shape index (κ3) is 7.27. The van der Waals surface area contributed by atoms with E-state index in [4.69, 9.17) is 4.74 Å². The first-order valence-electron chi connectivity index (χ1n) is 6.46. The lowest BCUT2D eigenvalue weighted by Crippen LogP contribution is -2.30. The van der Waals surface area contributed by atoms with Gasteiger partial charge in [0.25, 0.3) is 0 Å². The Bertz CT molecular complexity index is 468. The summed E-state index contributed by atoms with van der Waals surface area (Å²) in [6.45, 7) is 8.32. The highest BCUT2D eigenvalue weighted by atomic mass is 16.5. The average molecular weight is 294 g/mol. The molecule has 0 atom stereocenters. The molecule has 0 amide bonds. The van der Waals surface area contributed by atoms with Crippen molar-refractivity contribution in [2.75, 3.05) is 13.7 Å². The normalized spacial score (nSPS) is 9.95. The molecule has 0 fully saturated rings. The first kappa shape index (κ1) is 18.9. The van der Waals surface area contributed by atoms with Crippen LogP contribution < -0.4 is 4.74 Å². The minimum atomic E-state index is -1.32. The van der Waals surface area contributed by atoms with E-state index in [0.717, 1.165) is 6.08 Å². The number of Topliss-reactive ketones (excluding diaryl/α,β-unsaturated/α-hetero) is 1. The quantitative estimate of drug-likeness (QED) is 0.513. The smallest absolute Gasteiger partial charge is 0.330 e. The highest BCUT2D eigenvalue weighted by molar-refractivity contribution is 6.01. The highest BCUT2D eigenvalue weighted by Gasteiger charge is 2.24. The summed E-state index contributed by atoms with van der Waals surface area (Å²) in [6.07, 6.45) is 1.14. The zero-order valence-corrected chi connectivity index (χ0v) is 12.9. The summed E-state index contributed by atoms with van der Waals surface area (Å²) in [5, 5.41) is 9.49. The molecule has 21 heavy (non-hydrogen) atoms. The topological polar surface area (TPSA) is 72.8 Å². The molecular weight excluding hydrogens is 272 g/mol. The molecule has 0 aliphatic rings. The molecule has 5 heteroatoms. The maximum Gasteiger partial charge on any atom is 0.330 e. The maximum atomic E-state index is 11.6. The first-order valence-corrected chi connectivity index (χ1v) is 6.46. The maximum absolute atomic E-state index is 11.6. The fourth-order valence-electron chi connectivity index (χ4n) is 1.30. The van der Waals surface area contributed by atoms with Crippen molar-refractivity contribution in [2.45, 2.75) is 26.4 Å². The van der Waals surface area contributed by atoms with Crippen LogP contribution in [0.15, 0.2) is 36.9 Å². The van der Waals surface area contributed by atoms with E-state index in [1.807, 2.05) is 0 Å². The van der Waals surface area contributed by atoms with Crippen LogP contribution >= 0.6 is 0 Å². The fraction of sp³-hybridized carbons (Fsp3) is 0.375. The number of benzene rings is 1. The second kappa shape index (κ2) is 8.92. The summed E-state index contributed by atoms with van der Waals surface area (Å²) in [4.78, 5) is 21.6. The molecule has 0 bridgehead atoms. The minimum absolute atomic E-state index is 0.292. The predicted octanol–water partition coefficient (Wildman–Crippen LogP) is 2.38. The number of carbonyl (C=O) groups excluding carboxylic acids is 2. The van der Waals surface area contributed by atoms with Crippen molar-refractivity contribution in [1.29, 1.82) is 0 Å². The Hall–Kier alpha value is -2.14. The predicted molar refractivity (Wildman–Crippen MR) is 80.5 cm³/mol. The largest absolute Gasteiger partial charge is 0.497 e. The summed E-state index contributed by atoms with van der Waals surface area (Å²) >= 11 is 0. The monoisotopic (exact) mass is 294 g/mol. The molecule has 1 aromatic rings. The van der Waals surface area contributed by atoms with Crippen molar-refractivity contribution < 1.29 is 24.2 Å². The van der Waals surface area contributed by atoms with E-state index in [9.17, 15) is 14.7 Å². The van der Waals surface area contributed by atoms with Gasteiger partial charge in [-0.25, -0.2) is 4.79 Å². The second-order valence-electron chi connectivity index (χ2n) is 4.57. The molecular formula is C16H22O5. The number of hydrogen-bond acceptors (Lipinski definition) is 5. The van der Waals surface area contributed by atoms with E-state index in [1.165, 1.54) is 13.8 Å². The number of hydrogen-bond donors (Lipinski definition) is 1. The molecule has 0 aliphatic carbocycles. The van der Waals surface area contributed by atoms with Gasteiger partial charge in [0.2, 0.25) is 0 Å². The van der Waals surface area contributed by atoms with Gasteiger partial charge in [0.05, 0.1) is 13.7 Å². The Labute approximate surface area is 125 Å². The molecule has 0 unspecified atom stereocenters. The van der Waals surface area contributed by atoms with Crippen LogP contribution in [0.2, 0.25) is 0 Å². The molecule has 1 aromatic carbocycles. The van der Waals surface area contributed by atoms with Gasteiger partial charge in [-0.3, -0.25) is 4.79 Å². The summed E-state index contributed by atoms with van der Waals surface area (Å²) in [6, 6.07) is 6.66. The molecule has 1 rings (SSSR count). The van der Waals surface area contributed by atoms with E-state index < -0.39 is 5.60 Å². The molecule has 1 N–H and O–H groups in total. The number of carbonyl (C=O) groups is 2. The Kier molecular flexibility index (Phi) is 8.01. The van der Waals surface area contributed by atoms with Gasteiger partial charge in [-0.2, -0.15) is 0 Å². The van der Waals surface area contributed by atoms with Crippen LogP contribution in [0.25, 0.3) is 0 Å². The van der Waals surface area contributed by atoms with E-state index in [-0.39, 0.29) is 11.8 Å². The van der Waals surface area contributed by atoms with Gasteiger partial charge in [-0.05, 0) is 45.0 Å². The lowest BCUT2D eigenvalue weighted by Gasteiger charge is -2.15. The van der Waals surface area contributed by atoms with Crippen LogP contribution in [-0.4, -0.2) is 36.2 Å². The third-order valence-corrected chi connectivity index (χ3v) is 2.36. The highest BCUT2D eigenvalue weighted by Crippen LogP contribution is 2.16. The van der Waals surface area contributed by atoms with Gasteiger partial charge in [-0.15, -0.1) is 0 Å². The lowest BCUT2D eigenvalue weighted by atomic mass is 9.97. The average Bonchev–Trinajstić information content (AvgIpc) is 2.46. The van der Waals surface area contributed by atoms with Gasteiger partial charge in [0.1, 0.15) is 11.4 Å². The van der Waals surface area contributed by atoms with Crippen molar-refractivity contribution in [3.8, 4) is 5.75 Å². The van der Waals surface area contributed by atoms with Gasteiger partial charge in [-0.1, -0.05) is 6.58 Å². The van der Waals surface area contributed by atoms with Gasteiger partial charge in [0, 0.05) is 11.6 Å². The molecule has 0 heterocycles. The Morgan fingerprint density at radius 1 is 1.29 bits per heavy atom. The summed E-state index contributed by atoms with van der Waals surface area (Å²) < 4.78 is 9.39. The lowest BCUT2D eigenvalue weighted by molar-refractivity contribution is -0.137. The number of aliphatic hydroxyl groups is 1. The van der Waals surface area contributed by atoms with E-state index in [1.54, 1.807) is 38.3 Å². The second-order valence-corrected chi connectivity index (χ2v) is 4.57. The Balaban J connectivity index is 0.000000486. The number of rotatable bonds is 5. The van der Waals surface area contributed by atoms with Crippen LogP contribution in [-0.2, 0) is 9.53 Å². The Morgan fingerprint density at radius 2 is 1.81 bits per heavy atom. The van der Waals surface area contributed by atoms with Crippen LogP contribution in [0.4, 0.5) is 0 Å². The van der Waals surface area contributed by atoms with Gasteiger partial charge in [0.15, 0.2) is 5.78 Å². The molecule has 116 valence electrons. The zero-order valence-electron chi connectivity index (χ0n) is 12.9. The molecule has 0 radical (unpaired) electrons. The van der Waals surface area contributed by atoms with E-state index >= 15 is 0 Å². The number of esters is 1. The van der Waals surface area contributed by atoms with Crippen LogP contribution in [0.3, 0.4) is 0 Å². The molecule has 5 nitrogen and oxygen atoms in total. The first-order chi connectivity index (χ1) is 9.76. The molecule has 0 aromatic heterocycles. The molecule has 0 saturated heterocycles. The van der Waals surface area contributed by atoms with Gasteiger partial charge >= 0.3 is 5.97 Å². The summed E-state index contributed by atoms with van der Waals surface area (Å²) in [5.41, 5.74) is -0.840. The van der Waals surface area contributed by atoms with Crippen molar-refractivity contribution in [1.82, 2.24) is 0 Å². The minimum Gasteiger partial charge on any atom is -0.497 e. The molecule has 0 spiro atoms. The zero-order chi connectivity index (χ0) is 16.5. The summed E-state index contributed by atoms with van der Waals surface area (Å²) in [5.74, 6) is 0.0416. The number of methoxy groups -OCH3 is 1. The number of ether oxygens (including phenoxy) is 2. The fourth-order valence-corrected chi connectivity index (χ4v) is 1.30. The Morgan fingerprint density at radius 3 is 2.10 bits per heavy atom. The summed E-state index contributed by atoms with van der Waals surface area (Å²) in [7, 11) is 1.56. The SMILES string of the molecule is C=CC(=O)OCC.COc1ccc(C(=O)C(C)(C)O)cc1. The van der Waals surface area contributed by atoms with Gasteiger partial charge < -0.3 is 14.6 Å².